The van der Waals surface area contributed by atoms with Crippen molar-refractivity contribution >= 4 is 28.9 Å². The Morgan fingerprint density at radius 1 is 1.77 bits per heavy atom. The number of nitrogens with zero attached hydrogens (tertiary/aromatic N) is 2. The van der Waals surface area contributed by atoms with Crippen LogP contribution in [0, 0.1) is 0 Å². The number of thiocarbonyl (C=S) groups is 1. The third-order valence-corrected chi connectivity index (χ3v) is 2.29. The summed E-state index contributed by atoms with van der Waals surface area (Å²) in [6.45, 7) is 4.83. The van der Waals surface area contributed by atoms with Crippen LogP contribution in [0.4, 0.5) is 0 Å². The van der Waals surface area contributed by atoms with Gasteiger partial charge in [0.15, 0.2) is 5.11 Å². The molecule has 0 fully saturated rings. The molecule has 0 aliphatic heterocycles. The van der Waals surface area contributed by atoms with Gasteiger partial charge in [0.05, 0.1) is 11.7 Å². The third kappa shape index (κ3) is 3.23. The summed E-state index contributed by atoms with van der Waals surface area (Å²) in [5.74, 6) is 0. The van der Waals surface area contributed by atoms with Gasteiger partial charge >= 0.3 is 0 Å². The zero-order valence-corrected chi connectivity index (χ0v) is 9.21. The first-order valence-corrected chi connectivity index (χ1v) is 5.29. The third-order valence-electron chi connectivity index (χ3n) is 1.51. The Hall–Kier alpha value is -0.750. The molecule has 1 rings (SSSR count). The summed E-state index contributed by atoms with van der Waals surface area (Å²) in [4.78, 5) is 0. The molecule has 1 aromatic rings. The van der Waals surface area contributed by atoms with Crippen LogP contribution in [0.15, 0.2) is 5.38 Å². The average Bonchev–Trinajstić information content (AvgIpc) is 2.55. The summed E-state index contributed by atoms with van der Waals surface area (Å²) in [6.07, 6.45) is 0. The molecule has 0 spiro atoms. The van der Waals surface area contributed by atoms with E-state index in [1.807, 2.05) is 19.2 Å². The van der Waals surface area contributed by atoms with Gasteiger partial charge in [-0.3, -0.25) is 0 Å². The Morgan fingerprint density at radius 3 is 3.08 bits per heavy atom. The average molecular weight is 216 g/mol. The van der Waals surface area contributed by atoms with Crippen LogP contribution in [-0.2, 0) is 0 Å². The quantitative estimate of drug-likeness (QED) is 0.741. The maximum absolute atomic E-state index is 5.04. The second kappa shape index (κ2) is 5.08. The van der Waals surface area contributed by atoms with Gasteiger partial charge in [0.2, 0.25) is 0 Å². The van der Waals surface area contributed by atoms with Crippen molar-refractivity contribution in [3.8, 4) is 0 Å². The van der Waals surface area contributed by atoms with E-state index < -0.39 is 0 Å². The maximum atomic E-state index is 5.04. The Kier molecular flexibility index (Phi) is 4.04. The molecule has 0 amide bonds. The highest BCUT2D eigenvalue weighted by molar-refractivity contribution is 7.80. The van der Waals surface area contributed by atoms with E-state index in [0.717, 1.165) is 12.2 Å². The van der Waals surface area contributed by atoms with Crippen molar-refractivity contribution in [1.29, 1.82) is 0 Å². The van der Waals surface area contributed by atoms with Crippen molar-refractivity contribution in [2.24, 2.45) is 0 Å². The largest absolute Gasteiger partial charge is 0.363 e. The SMILES string of the molecule is CCNC(=S)NC(C)c1csnn1. The summed E-state index contributed by atoms with van der Waals surface area (Å²) >= 11 is 6.38. The van der Waals surface area contributed by atoms with E-state index in [0.29, 0.717) is 5.11 Å². The molecule has 2 N–H and O–H groups in total. The minimum Gasteiger partial charge on any atom is -0.363 e. The Balaban J connectivity index is 2.42. The van der Waals surface area contributed by atoms with E-state index in [-0.39, 0.29) is 6.04 Å². The number of rotatable bonds is 3. The predicted molar refractivity (Wildman–Crippen MR) is 57.7 cm³/mol. The first-order chi connectivity index (χ1) is 6.24. The maximum Gasteiger partial charge on any atom is 0.166 e. The minimum absolute atomic E-state index is 0.116. The molecule has 1 atom stereocenters. The van der Waals surface area contributed by atoms with Crippen molar-refractivity contribution in [1.82, 2.24) is 20.2 Å². The molecule has 0 aromatic carbocycles. The van der Waals surface area contributed by atoms with Crippen LogP contribution >= 0.6 is 23.8 Å². The zero-order chi connectivity index (χ0) is 9.68. The topological polar surface area (TPSA) is 49.8 Å². The lowest BCUT2D eigenvalue weighted by atomic mass is 10.3. The molecule has 0 bridgehead atoms. The summed E-state index contributed by atoms with van der Waals surface area (Å²) in [6, 6.07) is 0.116. The van der Waals surface area contributed by atoms with Crippen LogP contribution in [0.5, 0.6) is 0 Å². The summed E-state index contributed by atoms with van der Waals surface area (Å²) in [7, 11) is 0. The normalized spacial score (nSPS) is 12.2. The molecular weight excluding hydrogens is 204 g/mol. The van der Waals surface area contributed by atoms with Gasteiger partial charge in [-0.15, -0.1) is 5.10 Å². The van der Waals surface area contributed by atoms with Gasteiger partial charge in [0, 0.05) is 11.9 Å². The molecule has 0 aliphatic rings. The highest BCUT2D eigenvalue weighted by Gasteiger charge is 2.08. The molecule has 0 aliphatic carbocycles. The number of hydrogen-bond acceptors (Lipinski definition) is 4. The summed E-state index contributed by atoms with van der Waals surface area (Å²) in [5, 5.41) is 12.6. The van der Waals surface area contributed by atoms with Crippen LogP contribution in [-0.4, -0.2) is 21.2 Å². The molecular formula is C7H12N4S2. The van der Waals surface area contributed by atoms with Crippen LogP contribution < -0.4 is 10.6 Å². The van der Waals surface area contributed by atoms with E-state index in [1.54, 1.807) is 0 Å². The fraction of sp³-hybridized carbons (Fsp3) is 0.571. The molecule has 13 heavy (non-hydrogen) atoms. The standard InChI is InChI=1S/C7H12N4S2/c1-3-8-7(12)9-5(2)6-4-13-11-10-6/h4-5H,3H2,1-2H3,(H2,8,9,12). The monoisotopic (exact) mass is 216 g/mol. The van der Waals surface area contributed by atoms with E-state index in [2.05, 4.69) is 20.2 Å². The first-order valence-electron chi connectivity index (χ1n) is 4.05. The van der Waals surface area contributed by atoms with Gasteiger partial charge in [-0.25, -0.2) is 0 Å². The lowest BCUT2D eigenvalue weighted by Crippen LogP contribution is -2.36. The molecule has 1 aromatic heterocycles. The van der Waals surface area contributed by atoms with Gasteiger partial charge < -0.3 is 10.6 Å². The van der Waals surface area contributed by atoms with Crippen LogP contribution in [0.1, 0.15) is 25.6 Å². The van der Waals surface area contributed by atoms with E-state index >= 15 is 0 Å². The van der Waals surface area contributed by atoms with Crippen LogP contribution in [0.2, 0.25) is 0 Å². The Labute approximate surface area is 86.9 Å². The van der Waals surface area contributed by atoms with E-state index in [4.69, 9.17) is 12.2 Å². The van der Waals surface area contributed by atoms with E-state index in [9.17, 15) is 0 Å². The van der Waals surface area contributed by atoms with Gasteiger partial charge in [-0.1, -0.05) is 4.49 Å². The van der Waals surface area contributed by atoms with Crippen molar-refractivity contribution in [2.45, 2.75) is 19.9 Å². The summed E-state index contributed by atoms with van der Waals surface area (Å²) in [5.41, 5.74) is 0.922. The summed E-state index contributed by atoms with van der Waals surface area (Å²) < 4.78 is 3.78. The molecule has 1 unspecified atom stereocenters. The Morgan fingerprint density at radius 2 is 2.54 bits per heavy atom. The lowest BCUT2D eigenvalue weighted by molar-refractivity contribution is 0.676. The molecule has 72 valence electrons. The van der Waals surface area contributed by atoms with Gasteiger partial charge in [-0.2, -0.15) is 0 Å². The fourth-order valence-corrected chi connectivity index (χ4v) is 1.71. The Bertz CT molecular complexity index is 259. The molecule has 6 heteroatoms. The highest BCUT2D eigenvalue weighted by Crippen LogP contribution is 2.08. The van der Waals surface area contributed by atoms with Crippen LogP contribution in [0.25, 0.3) is 0 Å². The molecule has 0 saturated heterocycles. The second-order valence-corrected chi connectivity index (χ2v) is 3.57. The zero-order valence-electron chi connectivity index (χ0n) is 7.57. The number of nitrogens with one attached hydrogen (secondary N) is 2. The molecule has 0 saturated carbocycles. The predicted octanol–water partition coefficient (Wildman–Crippen LogP) is 1.08. The minimum atomic E-state index is 0.116. The number of hydrogen-bond donors (Lipinski definition) is 2. The van der Waals surface area contributed by atoms with Gasteiger partial charge in [-0.05, 0) is 37.6 Å². The lowest BCUT2D eigenvalue weighted by Gasteiger charge is -2.13. The molecule has 4 nitrogen and oxygen atoms in total. The second-order valence-electron chi connectivity index (χ2n) is 2.56. The highest BCUT2D eigenvalue weighted by atomic mass is 32.1. The van der Waals surface area contributed by atoms with Crippen molar-refractivity contribution in [2.75, 3.05) is 6.54 Å². The fourth-order valence-electron chi connectivity index (χ4n) is 0.843. The van der Waals surface area contributed by atoms with Gasteiger partial charge in [0.1, 0.15) is 0 Å². The van der Waals surface area contributed by atoms with E-state index in [1.165, 1.54) is 11.5 Å². The van der Waals surface area contributed by atoms with Crippen molar-refractivity contribution in [3.05, 3.63) is 11.1 Å². The van der Waals surface area contributed by atoms with Crippen molar-refractivity contribution < 1.29 is 0 Å². The number of aromatic nitrogens is 2. The molecule has 1 heterocycles. The molecule has 0 radical (unpaired) electrons. The smallest absolute Gasteiger partial charge is 0.166 e. The van der Waals surface area contributed by atoms with Crippen LogP contribution in [0.3, 0.4) is 0 Å². The van der Waals surface area contributed by atoms with Gasteiger partial charge in [0.25, 0.3) is 0 Å². The first kappa shape index (κ1) is 10.3. The van der Waals surface area contributed by atoms with Crippen molar-refractivity contribution in [3.63, 3.8) is 0 Å².